The maximum atomic E-state index is 11.0. The van der Waals surface area contributed by atoms with Crippen molar-refractivity contribution < 1.29 is 9.66 Å². The van der Waals surface area contributed by atoms with Gasteiger partial charge in [0.05, 0.1) is 12.0 Å². The molecule has 0 aliphatic rings. The van der Waals surface area contributed by atoms with Crippen molar-refractivity contribution >= 4 is 23.1 Å². The number of nitro groups is 1. The maximum absolute atomic E-state index is 11.0. The van der Waals surface area contributed by atoms with Crippen molar-refractivity contribution in [1.82, 2.24) is 0 Å². The summed E-state index contributed by atoms with van der Waals surface area (Å²) in [6, 6.07) is 10.8. The molecule has 21 heavy (non-hydrogen) atoms. The first kappa shape index (κ1) is 15.2. The molecule has 0 aromatic heterocycles. The quantitative estimate of drug-likeness (QED) is 0.393. The molecule has 0 heterocycles. The molecule has 0 saturated carbocycles. The van der Waals surface area contributed by atoms with Gasteiger partial charge in [0.2, 0.25) is 0 Å². The van der Waals surface area contributed by atoms with Gasteiger partial charge in [-0.1, -0.05) is 12.1 Å². The van der Waals surface area contributed by atoms with Gasteiger partial charge in [-0.2, -0.15) is 0 Å². The number of methoxy groups -OCH3 is 1. The summed E-state index contributed by atoms with van der Waals surface area (Å²) in [6.45, 7) is 1.97. The lowest BCUT2D eigenvalue weighted by atomic mass is 10.2. The highest BCUT2D eigenvalue weighted by Gasteiger charge is 2.15. The molecule has 110 valence electrons. The number of nitrogens with zero attached hydrogens (tertiary/aromatic N) is 1. The Morgan fingerprint density at radius 2 is 2.10 bits per heavy atom. The smallest absolute Gasteiger partial charge is 0.311 e. The fourth-order valence-electron chi connectivity index (χ4n) is 1.92. The molecule has 0 amide bonds. The molecule has 0 aliphatic carbocycles. The van der Waals surface area contributed by atoms with E-state index in [9.17, 15) is 10.1 Å². The Hall–Kier alpha value is -2.21. The molecular formula is C15H16N2O3S. The van der Waals surface area contributed by atoms with Gasteiger partial charge >= 0.3 is 5.69 Å². The van der Waals surface area contributed by atoms with Crippen LogP contribution in [0.15, 0.2) is 41.3 Å². The molecule has 2 rings (SSSR count). The molecule has 0 atom stereocenters. The van der Waals surface area contributed by atoms with Gasteiger partial charge in [0.1, 0.15) is 0 Å². The summed E-state index contributed by atoms with van der Waals surface area (Å²) in [5.41, 5.74) is 8.51. The van der Waals surface area contributed by atoms with Gasteiger partial charge in [-0.05, 0) is 36.2 Å². The van der Waals surface area contributed by atoms with Gasteiger partial charge in [-0.3, -0.25) is 10.1 Å². The number of ether oxygens (including phenoxy) is 1. The second kappa shape index (κ2) is 6.49. The van der Waals surface area contributed by atoms with Crippen molar-refractivity contribution in [2.75, 3.05) is 12.8 Å². The minimum Gasteiger partial charge on any atom is -0.490 e. The predicted octanol–water partition coefficient (Wildman–Crippen LogP) is 3.79. The summed E-state index contributed by atoms with van der Waals surface area (Å²) in [6.07, 6.45) is 0. The SMILES string of the molecule is COc1ccc(CSc2cccc(N)c2C)cc1[N+](=O)[O-]. The van der Waals surface area contributed by atoms with E-state index in [1.807, 2.05) is 31.2 Å². The summed E-state index contributed by atoms with van der Waals surface area (Å²) < 4.78 is 4.99. The molecule has 6 heteroatoms. The minimum atomic E-state index is -0.432. The van der Waals surface area contributed by atoms with E-state index in [1.54, 1.807) is 23.9 Å². The van der Waals surface area contributed by atoms with Crippen LogP contribution in [-0.4, -0.2) is 12.0 Å². The predicted molar refractivity (Wildman–Crippen MR) is 84.8 cm³/mol. The number of nitro benzene ring substituents is 1. The van der Waals surface area contributed by atoms with Gasteiger partial charge in [0, 0.05) is 22.4 Å². The lowest BCUT2D eigenvalue weighted by Gasteiger charge is -2.08. The molecule has 0 fully saturated rings. The highest BCUT2D eigenvalue weighted by Crippen LogP contribution is 2.32. The summed E-state index contributed by atoms with van der Waals surface area (Å²) >= 11 is 1.60. The number of hydrogen-bond acceptors (Lipinski definition) is 5. The average Bonchev–Trinajstić information content (AvgIpc) is 2.48. The lowest BCUT2D eigenvalue weighted by molar-refractivity contribution is -0.385. The van der Waals surface area contributed by atoms with Crippen molar-refractivity contribution in [3.8, 4) is 5.75 Å². The zero-order valence-electron chi connectivity index (χ0n) is 11.8. The van der Waals surface area contributed by atoms with Crippen molar-refractivity contribution in [3.63, 3.8) is 0 Å². The first-order valence-electron chi connectivity index (χ1n) is 6.32. The lowest BCUT2D eigenvalue weighted by Crippen LogP contribution is -1.95. The average molecular weight is 304 g/mol. The zero-order valence-corrected chi connectivity index (χ0v) is 12.6. The Morgan fingerprint density at radius 3 is 2.76 bits per heavy atom. The molecule has 2 aromatic carbocycles. The van der Waals surface area contributed by atoms with Gasteiger partial charge in [-0.15, -0.1) is 11.8 Å². The van der Waals surface area contributed by atoms with E-state index in [0.29, 0.717) is 5.75 Å². The number of hydrogen-bond donors (Lipinski definition) is 1. The number of benzene rings is 2. The Balaban J connectivity index is 2.19. The van der Waals surface area contributed by atoms with E-state index in [0.717, 1.165) is 21.7 Å². The van der Waals surface area contributed by atoms with Crippen LogP contribution in [0.3, 0.4) is 0 Å². The summed E-state index contributed by atoms with van der Waals surface area (Å²) in [5.74, 6) is 0.906. The second-order valence-corrected chi connectivity index (χ2v) is 5.54. The molecule has 2 aromatic rings. The molecule has 0 bridgehead atoms. The van der Waals surface area contributed by atoms with Crippen LogP contribution >= 0.6 is 11.8 Å². The van der Waals surface area contributed by atoms with Crippen molar-refractivity contribution in [2.45, 2.75) is 17.6 Å². The highest BCUT2D eigenvalue weighted by molar-refractivity contribution is 7.98. The molecule has 5 nitrogen and oxygen atoms in total. The Kier molecular flexibility index (Phi) is 4.70. The molecule has 0 unspecified atom stereocenters. The number of nitrogen functional groups attached to an aromatic ring is 1. The van der Waals surface area contributed by atoms with Crippen LogP contribution in [0.25, 0.3) is 0 Å². The molecule has 2 N–H and O–H groups in total. The van der Waals surface area contributed by atoms with E-state index in [-0.39, 0.29) is 11.4 Å². The van der Waals surface area contributed by atoms with E-state index < -0.39 is 4.92 Å². The summed E-state index contributed by atoms with van der Waals surface area (Å²) in [5, 5.41) is 11.0. The Bertz CT molecular complexity index is 674. The fourth-order valence-corrected chi connectivity index (χ4v) is 2.93. The van der Waals surface area contributed by atoms with E-state index >= 15 is 0 Å². The largest absolute Gasteiger partial charge is 0.490 e. The van der Waals surface area contributed by atoms with Crippen molar-refractivity contribution in [1.29, 1.82) is 0 Å². The molecule has 0 spiro atoms. The van der Waals surface area contributed by atoms with Crippen LogP contribution in [0, 0.1) is 17.0 Å². The van der Waals surface area contributed by atoms with Gasteiger partial charge in [-0.25, -0.2) is 0 Å². The number of nitrogens with two attached hydrogens (primary N) is 1. The fraction of sp³-hybridized carbons (Fsp3) is 0.200. The van der Waals surface area contributed by atoms with E-state index in [4.69, 9.17) is 10.5 Å². The Labute approximate surface area is 127 Å². The molecule has 0 saturated heterocycles. The zero-order chi connectivity index (χ0) is 15.4. The summed E-state index contributed by atoms with van der Waals surface area (Å²) in [7, 11) is 1.42. The third-order valence-corrected chi connectivity index (χ3v) is 4.39. The topological polar surface area (TPSA) is 78.4 Å². The van der Waals surface area contributed by atoms with E-state index in [2.05, 4.69) is 0 Å². The normalized spacial score (nSPS) is 10.4. The van der Waals surface area contributed by atoms with Crippen LogP contribution in [0.2, 0.25) is 0 Å². The van der Waals surface area contributed by atoms with Crippen LogP contribution in [0.5, 0.6) is 5.75 Å². The monoisotopic (exact) mass is 304 g/mol. The van der Waals surface area contributed by atoms with Crippen molar-refractivity contribution in [3.05, 3.63) is 57.6 Å². The molecule has 0 radical (unpaired) electrons. The van der Waals surface area contributed by atoms with Gasteiger partial charge in [0.15, 0.2) is 5.75 Å². The van der Waals surface area contributed by atoms with E-state index in [1.165, 1.54) is 7.11 Å². The molecular weight excluding hydrogens is 288 g/mol. The molecule has 0 aliphatic heterocycles. The minimum absolute atomic E-state index is 0.0140. The standard InChI is InChI=1S/C15H16N2O3S/c1-10-12(16)4-3-5-15(10)21-9-11-6-7-14(20-2)13(8-11)17(18)19/h3-8H,9,16H2,1-2H3. The number of anilines is 1. The van der Waals surface area contributed by atoms with Crippen LogP contribution < -0.4 is 10.5 Å². The number of thioether (sulfide) groups is 1. The third kappa shape index (κ3) is 3.46. The maximum Gasteiger partial charge on any atom is 0.311 e. The van der Waals surface area contributed by atoms with Crippen LogP contribution in [0.1, 0.15) is 11.1 Å². The van der Waals surface area contributed by atoms with Crippen molar-refractivity contribution in [2.24, 2.45) is 0 Å². The highest BCUT2D eigenvalue weighted by atomic mass is 32.2. The Morgan fingerprint density at radius 1 is 1.33 bits per heavy atom. The van der Waals surface area contributed by atoms with Gasteiger partial charge < -0.3 is 10.5 Å². The van der Waals surface area contributed by atoms with Gasteiger partial charge in [0.25, 0.3) is 0 Å². The first-order valence-corrected chi connectivity index (χ1v) is 7.30. The summed E-state index contributed by atoms with van der Waals surface area (Å²) in [4.78, 5) is 11.7. The second-order valence-electron chi connectivity index (χ2n) is 4.52. The van der Waals surface area contributed by atoms with Crippen LogP contribution in [-0.2, 0) is 5.75 Å². The van der Waals surface area contributed by atoms with Crippen LogP contribution in [0.4, 0.5) is 11.4 Å². The third-order valence-electron chi connectivity index (χ3n) is 3.16. The number of rotatable bonds is 5. The first-order chi connectivity index (χ1) is 10.0.